The third-order valence-corrected chi connectivity index (χ3v) is 3.49. The molecule has 1 unspecified atom stereocenters. The average Bonchev–Trinajstić information content (AvgIpc) is 2.75. The van der Waals surface area contributed by atoms with Gasteiger partial charge in [-0.05, 0) is 43.9 Å². The Balaban J connectivity index is 2.15. The van der Waals surface area contributed by atoms with E-state index in [1.54, 1.807) is 0 Å². The summed E-state index contributed by atoms with van der Waals surface area (Å²) in [5.41, 5.74) is 3.11. The van der Waals surface area contributed by atoms with Gasteiger partial charge in [-0.25, -0.2) is 0 Å². The molecule has 0 fully saturated rings. The summed E-state index contributed by atoms with van der Waals surface area (Å²) in [4.78, 5) is 0. The third-order valence-electron chi connectivity index (χ3n) is 3.49. The van der Waals surface area contributed by atoms with E-state index >= 15 is 0 Å². The number of aliphatic hydroxyl groups is 1. The minimum Gasteiger partial charge on any atom is -0.466 e. The Kier molecular flexibility index (Phi) is 4.43. The number of aliphatic hydroxyl groups excluding tert-OH is 1. The standard InChI is InChI=1S/C17H22O2/c1-4-5-6-14-7-9-15(10-8-14)17(18)16-11-12(2)19-13(16)3/h7-11,17-18H,4-6H2,1-3H3. The van der Waals surface area contributed by atoms with Crippen LogP contribution in [0.15, 0.2) is 34.7 Å². The molecule has 0 saturated heterocycles. The topological polar surface area (TPSA) is 33.4 Å². The fourth-order valence-corrected chi connectivity index (χ4v) is 2.35. The second-order valence-corrected chi connectivity index (χ2v) is 5.12. The highest BCUT2D eigenvalue weighted by molar-refractivity contribution is 5.34. The summed E-state index contributed by atoms with van der Waals surface area (Å²) in [6.07, 6.45) is 2.92. The van der Waals surface area contributed by atoms with Gasteiger partial charge in [0.25, 0.3) is 0 Å². The van der Waals surface area contributed by atoms with Crippen molar-refractivity contribution in [3.8, 4) is 0 Å². The predicted molar refractivity (Wildman–Crippen MR) is 77.3 cm³/mol. The Morgan fingerprint density at radius 2 is 1.84 bits per heavy atom. The van der Waals surface area contributed by atoms with Gasteiger partial charge in [-0.1, -0.05) is 37.6 Å². The molecule has 2 rings (SSSR count). The van der Waals surface area contributed by atoms with Crippen molar-refractivity contribution < 1.29 is 9.52 Å². The monoisotopic (exact) mass is 258 g/mol. The minimum absolute atomic E-state index is 0.599. The molecule has 0 saturated carbocycles. The number of hydrogen-bond acceptors (Lipinski definition) is 2. The highest BCUT2D eigenvalue weighted by Crippen LogP contribution is 2.27. The van der Waals surface area contributed by atoms with Crippen molar-refractivity contribution in [1.29, 1.82) is 0 Å². The Morgan fingerprint density at radius 1 is 1.16 bits per heavy atom. The highest BCUT2D eigenvalue weighted by atomic mass is 16.3. The first-order chi connectivity index (χ1) is 9.11. The molecule has 2 aromatic rings. The van der Waals surface area contributed by atoms with Crippen LogP contribution in [-0.2, 0) is 6.42 Å². The summed E-state index contributed by atoms with van der Waals surface area (Å²) >= 11 is 0. The van der Waals surface area contributed by atoms with Crippen molar-refractivity contribution in [3.63, 3.8) is 0 Å². The van der Waals surface area contributed by atoms with E-state index < -0.39 is 6.10 Å². The molecule has 102 valence electrons. The van der Waals surface area contributed by atoms with Crippen LogP contribution in [-0.4, -0.2) is 5.11 Å². The minimum atomic E-state index is -0.599. The molecule has 0 radical (unpaired) electrons. The van der Waals surface area contributed by atoms with Gasteiger partial charge in [-0.2, -0.15) is 0 Å². The summed E-state index contributed by atoms with van der Waals surface area (Å²) in [6, 6.07) is 10.1. The molecule has 1 atom stereocenters. The number of benzene rings is 1. The van der Waals surface area contributed by atoms with Crippen LogP contribution < -0.4 is 0 Å². The smallest absolute Gasteiger partial charge is 0.107 e. The Hall–Kier alpha value is -1.54. The first-order valence-electron chi connectivity index (χ1n) is 6.95. The van der Waals surface area contributed by atoms with Crippen LogP contribution in [0.25, 0.3) is 0 Å². The van der Waals surface area contributed by atoms with Crippen molar-refractivity contribution in [2.24, 2.45) is 0 Å². The maximum atomic E-state index is 10.4. The van der Waals surface area contributed by atoms with E-state index in [0.717, 1.165) is 29.1 Å². The summed E-state index contributed by atoms with van der Waals surface area (Å²) in [5.74, 6) is 1.63. The summed E-state index contributed by atoms with van der Waals surface area (Å²) in [5, 5.41) is 10.4. The van der Waals surface area contributed by atoms with Gasteiger partial charge in [0.2, 0.25) is 0 Å². The maximum Gasteiger partial charge on any atom is 0.107 e. The lowest BCUT2D eigenvalue weighted by atomic mass is 9.99. The molecule has 0 aliphatic heterocycles. The van der Waals surface area contributed by atoms with E-state index in [4.69, 9.17) is 4.42 Å². The first-order valence-corrected chi connectivity index (χ1v) is 6.95. The van der Waals surface area contributed by atoms with Crippen molar-refractivity contribution >= 4 is 0 Å². The Bertz CT molecular complexity index is 523. The molecule has 1 N–H and O–H groups in total. The number of furan rings is 1. The molecular weight excluding hydrogens is 236 g/mol. The predicted octanol–water partition coefficient (Wildman–Crippen LogP) is 4.32. The van der Waals surface area contributed by atoms with Crippen molar-refractivity contribution in [3.05, 3.63) is 58.5 Å². The van der Waals surface area contributed by atoms with E-state index in [1.807, 2.05) is 32.0 Å². The lowest BCUT2D eigenvalue weighted by Crippen LogP contribution is -2.00. The van der Waals surface area contributed by atoms with Crippen LogP contribution in [0.3, 0.4) is 0 Å². The van der Waals surface area contributed by atoms with Crippen LogP contribution in [0, 0.1) is 13.8 Å². The van der Waals surface area contributed by atoms with Crippen molar-refractivity contribution in [2.75, 3.05) is 0 Å². The fourth-order valence-electron chi connectivity index (χ4n) is 2.35. The van der Waals surface area contributed by atoms with Crippen LogP contribution >= 0.6 is 0 Å². The van der Waals surface area contributed by atoms with Crippen molar-refractivity contribution in [2.45, 2.75) is 46.1 Å². The second kappa shape index (κ2) is 6.07. The molecule has 0 aliphatic carbocycles. The zero-order valence-corrected chi connectivity index (χ0v) is 11.9. The number of unbranched alkanes of at least 4 members (excludes halogenated alkanes) is 1. The lowest BCUT2D eigenvalue weighted by molar-refractivity contribution is 0.218. The van der Waals surface area contributed by atoms with E-state index in [2.05, 4.69) is 19.1 Å². The quantitative estimate of drug-likeness (QED) is 0.866. The summed E-state index contributed by atoms with van der Waals surface area (Å²) in [6.45, 7) is 5.99. The molecule has 1 heterocycles. The van der Waals surface area contributed by atoms with E-state index in [0.29, 0.717) is 0 Å². The molecule has 19 heavy (non-hydrogen) atoms. The maximum absolute atomic E-state index is 10.4. The molecule has 0 amide bonds. The van der Waals surface area contributed by atoms with Gasteiger partial charge in [0, 0.05) is 5.56 Å². The van der Waals surface area contributed by atoms with Crippen LogP contribution in [0.5, 0.6) is 0 Å². The molecule has 0 aliphatic rings. The average molecular weight is 258 g/mol. The zero-order chi connectivity index (χ0) is 13.8. The van der Waals surface area contributed by atoms with Gasteiger partial charge in [0.1, 0.15) is 17.6 Å². The third kappa shape index (κ3) is 3.27. The normalized spacial score (nSPS) is 12.6. The van der Waals surface area contributed by atoms with Crippen LogP contribution in [0.4, 0.5) is 0 Å². The summed E-state index contributed by atoms with van der Waals surface area (Å²) < 4.78 is 5.47. The Morgan fingerprint density at radius 3 is 2.37 bits per heavy atom. The molecule has 2 nitrogen and oxygen atoms in total. The fraction of sp³-hybridized carbons (Fsp3) is 0.412. The van der Waals surface area contributed by atoms with Gasteiger partial charge in [-0.3, -0.25) is 0 Å². The van der Waals surface area contributed by atoms with Gasteiger partial charge in [0.15, 0.2) is 0 Å². The highest BCUT2D eigenvalue weighted by Gasteiger charge is 2.16. The van der Waals surface area contributed by atoms with Gasteiger partial charge >= 0.3 is 0 Å². The molecule has 0 bridgehead atoms. The lowest BCUT2D eigenvalue weighted by Gasteiger charge is -2.11. The molecular formula is C17H22O2. The first kappa shape index (κ1) is 13.9. The summed E-state index contributed by atoms with van der Waals surface area (Å²) in [7, 11) is 0. The number of aryl methyl sites for hydroxylation is 3. The molecule has 1 aromatic heterocycles. The SMILES string of the molecule is CCCCc1ccc(C(O)c2cc(C)oc2C)cc1. The molecule has 0 spiro atoms. The number of rotatable bonds is 5. The zero-order valence-electron chi connectivity index (χ0n) is 11.9. The van der Waals surface area contributed by atoms with Crippen LogP contribution in [0.1, 0.15) is 54.1 Å². The van der Waals surface area contributed by atoms with Gasteiger partial charge in [0.05, 0.1) is 0 Å². The Labute approximate surface area is 115 Å². The molecule has 1 aromatic carbocycles. The van der Waals surface area contributed by atoms with E-state index in [9.17, 15) is 5.11 Å². The van der Waals surface area contributed by atoms with Gasteiger partial charge < -0.3 is 9.52 Å². The molecule has 2 heteroatoms. The van der Waals surface area contributed by atoms with E-state index in [1.165, 1.54) is 18.4 Å². The number of hydrogen-bond donors (Lipinski definition) is 1. The van der Waals surface area contributed by atoms with Gasteiger partial charge in [-0.15, -0.1) is 0 Å². The second-order valence-electron chi connectivity index (χ2n) is 5.12. The largest absolute Gasteiger partial charge is 0.466 e. The van der Waals surface area contributed by atoms with E-state index in [-0.39, 0.29) is 0 Å². The van der Waals surface area contributed by atoms with Crippen molar-refractivity contribution in [1.82, 2.24) is 0 Å². The van der Waals surface area contributed by atoms with Crippen LogP contribution in [0.2, 0.25) is 0 Å².